The molecule has 0 spiro atoms. The van der Waals surface area contributed by atoms with Gasteiger partial charge in [-0.25, -0.2) is 0 Å². The van der Waals surface area contributed by atoms with Gasteiger partial charge in [-0.15, -0.1) is 0 Å². The van der Waals surface area contributed by atoms with Crippen LogP contribution in [0, 0.1) is 0 Å². The van der Waals surface area contributed by atoms with Gasteiger partial charge < -0.3 is 19.7 Å². The number of carbonyl (C=O) groups excluding carboxylic acids is 1. The molecule has 1 N–H and O–H groups in total. The van der Waals surface area contributed by atoms with E-state index < -0.39 is 5.60 Å². The minimum absolute atomic E-state index is 0.0908. The first-order valence-corrected chi connectivity index (χ1v) is 7.31. The minimum Gasteiger partial charge on any atom is -0.378 e. The first-order valence-electron chi connectivity index (χ1n) is 7.31. The van der Waals surface area contributed by atoms with Crippen LogP contribution in [0.25, 0.3) is 0 Å². The molecule has 0 bridgehead atoms. The number of nitrogens with zero attached hydrogens (tertiary/aromatic N) is 3. The summed E-state index contributed by atoms with van der Waals surface area (Å²) in [6, 6.07) is -0.241. The zero-order chi connectivity index (χ0) is 14.9. The van der Waals surface area contributed by atoms with Crippen molar-refractivity contribution < 1.29 is 14.3 Å². The number of aromatic nitrogens is 2. The van der Waals surface area contributed by atoms with E-state index in [1.54, 1.807) is 10.9 Å². The second kappa shape index (κ2) is 5.75. The van der Waals surface area contributed by atoms with Crippen LogP contribution in [0.5, 0.6) is 0 Å². The molecule has 3 heterocycles. The molecule has 116 valence electrons. The van der Waals surface area contributed by atoms with Crippen molar-refractivity contribution in [3.8, 4) is 0 Å². The third-order valence-corrected chi connectivity index (χ3v) is 4.12. The Balaban J connectivity index is 1.71. The third kappa shape index (κ3) is 2.95. The molecule has 2 atom stereocenters. The Morgan fingerprint density at radius 3 is 3.05 bits per heavy atom. The summed E-state index contributed by atoms with van der Waals surface area (Å²) in [5.41, 5.74) is 0.493. The van der Waals surface area contributed by atoms with E-state index in [2.05, 4.69) is 10.4 Å². The smallest absolute Gasteiger partial charge is 0.242 e. The number of ether oxygens (including phenoxy) is 2. The highest BCUT2D eigenvalue weighted by atomic mass is 16.5. The van der Waals surface area contributed by atoms with E-state index in [-0.39, 0.29) is 11.9 Å². The molecule has 7 heteroatoms. The van der Waals surface area contributed by atoms with Gasteiger partial charge in [0, 0.05) is 31.9 Å². The summed E-state index contributed by atoms with van der Waals surface area (Å²) in [7, 11) is 1.88. The van der Waals surface area contributed by atoms with Gasteiger partial charge in [-0.2, -0.15) is 5.10 Å². The van der Waals surface area contributed by atoms with Crippen LogP contribution < -0.4 is 5.32 Å². The molecule has 0 saturated carbocycles. The fourth-order valence-electron chi connectivity index (χ4n) is 2.87. The predicted molar refractivity (Wildman–Crippen MR) is 75.7 cm³/mol. The fourth-order valence-corrected chi connectivity index (χ4v) is 2.87. The molecule has 2 aliphatic heterocycles. The molecule has 2 fully saturated rings. The second-order valence-corrected chi connectivity index (χ2v) is 5.82. The second-order valence-electron chi connectivity index (χ2n) is 5.82. The lowest BCUT2D eigenvalue weighted by Gasteiger charge is -2.41. The normalized spacial score (nSPS) is 30.4. The summed E-state index contributed by atoms with van der Waals surface area (Å²) in [5.74, 6) is 0.0908. The van der Waals surface area contributed by atoms with Gasteiger partial charge in [-0.05, 0) is 6.92 Å². The van der Waals surface area contributed by atoms with Crippen molar-refractivity contribution in [1.82, 2.24) is 20.0 Å². The van der Waals surface area contributed by atoms with Crippen LogP contribution in [-0.2, 0) is 26.9 Å². The van der Waals surface area contributed by atoms with Gasteiger partial charge in [-0.3, -0.25) is 9.48 Å². The number of aryl methyl sites for hydroxylation is 1. The molecule has 3 rings (SSSR count). The first kappa shape index (κ1) is 14.5. The zero-order valence-corrected chi connectivity index (χ0v) is 12.5. The van der Waals surface area contributed by atoms with Crippen LogP contribution in [0.15, 0.2) is 12.4 Å². The van der Waals surface area contributed by atoms with Gasteiger partial charge in [-0.1, -0.05) is 0 Å². The number of amides is 1. The quantitative estimate of drug-likeness (QED) is 0.795. The van der Waals surface area contributed by atoms with Gasteiger partial charge in [0.05, 0.1) is 32.6 Å². The minimum atomic E-state index is -0.502. The maximum atomic E-state index is 12.6. The van der Waals surface area contributed by atoms with Crippen LogP contribution in [-0.4, -0.2) is 66.1 Å². The van der Waals surface area contributed by atoms with Crippen LogP contribution in [0.2, 0.25) is 0 Å². The Kier molecular flexibility index (Phi) is 3.97. The maximum Gasteiger partial charge on any atom is 0.242 e. The lowest BCUT2D eigenvalue weighted by atomic mass is 9.96. The standard InChI is InChI=1S/C14H22N4O3/c1-14(11-7-16-17(2)8-11)10-18(4-6-21-14)13(19)12-9-20-5-3-15-12/h7-8,12,15H,3-6,9-10H2,1-2H3/t12-,14-/m0/s1. The van der Waals surface area contributed by atoms with E-state index in [4.69, 9.17) is 9.47 Å². The van der Waals surface area contributed by atoms with Crippen molar-refractivity contribution in [3.63, 3.8) is 0 Å². The fraction of sp³-hybridized carbons (Fsp3) is 0.714. The molecule has 0 aromatic carbocycles. The van der Waals surface area contributed by atoms with Gasteiger partial charge in [0.1, 0.15) is 11.6 Å². The molecule has 1 aromatic rings. The Labute approximate surface area is 124 Å². The third-order valence-electron chi connectivity index (χ3n) is 4.12. The topological polar surface area (TPSA) is 68.6 Å². The molecule has 2 aliphatic rings. The molecule has 1 amide bonds. The lowest BCUT2D eigenvalue weighted by Crippen LogP contribution is -2.58. The number of hydrogen-bond acceptors (Lipinski definition) is 5. The number of nitrogens with one attached hydrogen (secondary N) is 1. The van der Waals surface area contributed by atoms with Crippen molar-refractivity contribution >= 4 is 5.91 Å². The van der Waals surface area contributed by atoms with Gasteiger partial charge in [0.25, 0.3) is 0 Å². The summed E-state index contributed by atoms with van der Waals surface area (Å²) >= 11 is 0. The number of morpholine rings is 2. The highest BCUT2D eigenvalue weighted by molar-refractivity contribution is 5.82. The van der Waals surface area contributed by atoms with Crippen molar-refractivity contribution in [2.24, 2.45) is 7.05 Å². The highest BCUT2D eigenvalue weighted by Crippen LogP contribution is 2.29. The van der Waals surface area contributed by atoms with Gasteiger partial charge in [0.2, 0.25) is 5.91 Å². The summed E-state index contributed by atoms with van der Waals surface area (Å²) in [6.07, 6.45) is 3.74. The number of rotatable bonds is 2. The summed E-state index contributed by atoms with van der Waals surface area (Å²) in [5, 5.41) is 7.41. The predicted octanol–water partition coefficient (Wildman–Crippen LogP) is -0.517. The lowest BCUT2D eigenvalue weighted by molar-refractivity contribution is -0.154. The first-order chi connectivity index (χ1) is 10.1. The largest absolute Gasteiger partial charge is 0.378 e. The van der Waals surface area contributed by atoms with E-state index >= 15 is 0 Å². The number of hydrogen-bond donors (Lipinski definition) is 1. The molecule has 7 nitrogen and oxygen atoms in total. The highest BCUT2D eigenvalue weighted by Gasteiger charge is 2.38. The van der Waals surface area contributed by atoms with Crippen LogP contribution in [0.4, 0.5) is 0 Å². The molecule has 0 aliphatic carbocycles. The molecule has 0 radical (unpaired) electrons. The van der Waals surface area contributed by atoms with Crippen molar-refractivity contribution in [3.05, 3.63) is 18.0 Å². The summed E-state index contributed by atoms with van der Waals surface area (Å²) in [6.45, 7) is 5.53. The van der Waals surface area contributed by atoms with E-state index in [1.807, 2.05) is 25.1 Å². The van der Waals surface area contributed by atoms with Crippen LogP contribution >= 0.6 is 0 Å². The average molecular weight is 294 g/mol. The maximum absolute atomic E-state index is 12.6. The SMILES string of the molecule is Cn1cc([C@]2(C)CN(C(=O)[C@@H]3COCCN3)CCO2)cn1. The van der Waals surface area contributed by atoms with Gasteiger partial charge in [0.15, 0.2) is 0 Å². The van der Waals surface area contributed by atoms with E-state index in [9.17, 15) is 4.79 Å². The molecular weight excluding hydrogens is 272 g/mol. The van der Waals surface area contributed by atoms with Crippen molar-refractivity contribution in [2.75, 3.05) is 39.5 Å². The van der Waals surface area contributed by atoms with Gasteiger partial charge >= 0.3 is 0 Å². The summed E-state index contributed by atoms with van der Waals surface area (Å²) < 4.78 is 13.1. The van der Waals surface area contributed by atoms with Crippen LogP contribution in [0.1, 0.15) is 12.5 Å². The monoisotopic (exact) mass is 294 g/mol. The molecule has 0 unspecified atom stereocenters. The van der Waals surface area contributed by atoms with E-state index in [0.29, 0.717) is 32.9 Å². The zero-order valence-electron chi connectivity index (χ0n) is 12.5. The van der Waals surface area contributed by atoms with E-state index in [0.717, 1.165) is 12.1 Å². The Bertz CT molecular complexity index is 512. The molecular formula is C14H22N4O3. The Morgan fingerprint density at radius 1 is 1.52 bits per heavy atom. The molecule has 1 aromatic heterocycles. The van der Waals surface area contributed by atoms with Crippen molar-refractivity contribution in [2.45, 2.75) is 18.6 Å². The average Bonchev–Trinajstić information content (AvgIpc) is 2.95. The molecule has 21 heavy (non-hydrogen) atoms. The Hall–Kier alpha value is -1.44. The van der Waals surface area contributed by atoms with Crippen LogP contribution in [0.3, 0.4) is 0 Å². The number of carbonyl (C=O) groups is 1. The molecule has 2 saturated heterocycles. The van der Waals surface area contributed by atoms with E-state index in [1.165, 1.54) is 0 Å². The van der Waals surface area contributed by atoms with Crippen molar-refractivity contribution in [1.29, 1.82) is 0 Å². The Morgan fingerprint density at radius 2 is 2.38 bits per heavy atom. The summed E-state index contributed by atoms with van der Waals surface area (Å²) in [4.78, 5) is 14.4.